The summed E-state index contributed by atoms with van der Waals surface area (Å²) in [4.78, 5) is 15.5. The molecule has 0 radical (unpaired) electrons. The van der Waals surface area contributed by atoms with Gasteiger partial charge < -0.3 is 10.1 Å². The normalized spacial score (nSPS) is 11.2. The summed E-state index contributed by atoms with van der Waals surface area (Å²) >= 11 is 1.08. The third kappa shape index (κ3) is 3.94. The zero-order valence-electron chi connectivity index (χ0n) is 10.9. The molecule has 0 aliphatic carbocycles. The molecular weight excluding hydrogens is 305 g/mol. The molecule has 112 valence electrons. The fourth-order valence-electron chi connectivity index (χ4n) is 1.59. The Balaban J connectivity index is 2.03. The summed E-state index contributed by atoms with van der Waals surface area (Å²) in [5, 5.41) is 3.31. The third-order valence-corrected chi connectivity index (χ3v) is 3.53. The molecule has 0 saturated heterocycles. The first-order chi connectivity index (χ1) is 9.90. The summed E-state index contributed by atoms with van der Waals surface area (Å²) in [6.07, 6.45) is -3.01. The SMILES string of the molecule is COC(=O)c1cnc(NCc2cccc(C(F)(F)F)c2)s1. The second kappa shape index (κ2) is 6.13. The smallest absolute Gasteiger partial charge is 0.416 e. The van der Waals surface area contributed by atoms with Gasteiger partial charge in [-0.2, -0.15) is 13.2 Å². The van der Waals surface area contributed by atoms with Crippen LogP contribution in [0, 0.1) is 0 Å². The maximum Gasteiger partial charge on any atom is 0.416 e. The maximum atomic E-state index is 12.6. The van der Waals surface area contributed by atoms with E-state index in [1.807, 2.05) is 0 Å². The molecule has 0 amide bonds. The molecule has 21 heavy (non-hydrogen) atoms. The maximum absolute atomic E-state index is 12.6. The van der Waals surface area contributed by atoms with E-state index in [9.17, 15) is 18.0 Å². The van der Waals surface area contributed by atoms with Crippen molar-refractivity contribution >= 4 is 22.4 Å². The number of benzene rings is 1. The first-order valence-electron chi connectivity index (χ1n) is 5.84. The number of anilines is 1. The average molecular weight is 316 g/mol. The molecular formula is C13H11F3N2O2S. The van der Waals surface area contributed by atoms with Gasteiger partial charge in [0, 0.05) is 6.54 Å². The molecule has 8 heteroatoms. The number of esters is 1. The number of carbonyl (C=O) groups excluding carboxylic acids is 1. The van der Waals surface area contributed by atoms with Crippen LogP contribution in [-0.4, -0.2) is 18.1 Å². The zero-order valence-corrected chi connectivity index (χ0v) is 11.7. The number of aromatic nitrogens is 1. The van der Waals surface area contributed by atoms with Gasteiger partial charge in [0.25, 0.3) is 0 Å². The number of hydrogen-bond donors (Lipinski definition) is 1. The quantitative estimate of drug-likeness (QED) is 0.876. The molecule has 0 saturated carbocycles. The molecule has 0 atom stereocenters. The predicted octanol–water partition coefficient (Wildman–Crippen LogP) is 3.56. The molecule has 4 nitrogen and oxygen atoms in total. The van der Waals surface area contributed by atoms with Crippen molar-refractivity contribution in [2.75, 3.05) is 12.4 Å². The zero-order chi connectivity index (χ0) is 15.5. The second-order valence-corrected chi connectivity index (χ2v) is 5.10. The summed E-state index contributed by atoms with van der Waals surface area (Å²) in [6.45, 7) is 0.179. The number of nitrogens with one attached hydrogen (secondary N) is 1. The monoisotopic (exact) mass is 316 g/mol. The molecule has 1 N–H and O–H groups in total. The van der Waals surface area contributed by atoms with Gasteiger partial charge in [-0.15, -0.1) is 0 Å². The minimum Gasteiger partial charge on any atom is -0.465 e. The number of hydrogen-bond acceptors (Lipinski definition) is 5. The third-order valence-electron chi connectivity index (χ3n) is 2.59. The van der Waals surface area contributed by atoms with Crippen molar-refractivity contribution in [3.63, 3.8) is 0 Å². The van der Waals surface area contributed by atoms with Crippen LogP contribution >= 0.6 is 11.3 Å². The van der Waals surface area contributed by atoms with E-state index in [0.29, 0.717) is 15.6 Å². The first kappa shape index (κ1) is 15.3. The number of rotatable bonds is 4. The molecule has 0 aliphatic heterocycles. The van der Waals surface area contributed by atoms with Crippen LogP contribution in [0.3, 0.4) is 0 Å². The summed E-state index contributed by atoms with van der Waals surface area (Å²) < 4.78 is 42.3. The van der Waals surface area contributed by atoms with Gasteiger partial charge in [0.2, 0.25) is 0 Å². The molecule has 0 aliphatic rings. The van der Waals surface area contributed by atoms with E-state index < -0.39 is 17.7 Å². The van der Waals surface area contributed by atoms with E-state index in [1.165, 1.54) is 19.4 Å². The molecule has 1 aromatic carbocycles. The van der Waals surface area contributed by atoms with Gasteiger partial charge in [-0.25, -0.2) is 9.78 Å². The number of halogens is 3. The second-order valence-electron chi connectivity index (χ2n) is 4.07. The van der Waals surface area contributed by atoms with E-state index in [-0.39, 0.29) is 6.54 Å². The van der Waals surface area contributed by atoms with Crippen LogP contribution in [0.4, 0.5) is 18.3 Å². The van der Waals surface area contributed by atoms with Crippen molar-refractivity contribution < 1.29 is 22.7 Å². The van der Waals surface area contributed by atoms with E-state index >= 15 is 0 Å². The number of nitrogens with zero attached hydrogens (tertiary/aromatic N) is 1. The number of ether oxygens (including phenoxy) is 1. The molecule has 0 unspecified atom stereocenters. The lowest BCUT2D eigenvalue weighted by atomic mass is 10.1. The Morgan fingerprint density at radius 1 is 1.43 bits per heavy atom. The van der Waals surface area contributed by atoms with Crippen LogP contribution in [0.5, 0.6) is 0 Å². The lowest BCUT2D eigenvalue weighted by molar-refractivity contribution is -0.137. The van der Waals surface area contributed by atoms with Gasteiger partial charge in [-0.3, -0.25) is 0 Å². The standard InChI is InChI=1S/C13H11F3N2O2S/c1-20-11(19)10-7-18-12(21-10)17-6-8-3-2-4-9(5-8)13(14,15)16/h2-5,7H,6H2,1H3,(H,17,18). The summed E-state index contributed by atoms with van der Waals surface area (Å²) in [6, 6.07) is 5.02. The number of alkyl halides is 3. The van der Waals surface area contributed by atoms with Crippen molar-refractivity contribution in [1.29, 1.82) is 0 Å². The molecule has 0 bridgehead atoms. The highest BCUT2D eigenvalue weighted by Crippen LogP contribution is 2.29. The van der Waals surface area contributed by atoms with Crippen LogP contribution in [0.1, 0.15) is 20.8 Å². The number of thiazole rings is 1. The first-order valence-corrected chi connectivity index (χ1v) is 6.66. The number of methoxy groups -OCH3 is 1. The summed E-state index contributed by atoms with van der Waals surface area (Å²) in [5.41, 5.74) is -0.226. The Morgan fingerprint density at radius 2 is 2.19 bits per heavy atom. The lowest BCUT2D eigenvalue weighted by Gasteiger charge is -2.09. The largest absolute Gasteiger partial charge is 0.465 e. The summed E-state index contributed by atoms with van der Waals surface area (Å²) in [7, 11) is 1.26. The van der Waals surface area contributed by atoms with Crippen molar-refractivity contribution in [1.82, 2.24) is 4.98 Å². The van der Waals surface area contributed by atoms with Gasteiger partial charge in [0.05, 0.1) is 18.9 Å². The van der Waals surface area contributed by atoms with Crippen molar-refractivity contribution in [2.45, 2.75) is 12.7 Å². The van der Waals surface area contributed by atoms with E-state index in [2.05, 4.69) is 15.0 Å². The fourth-order valence-corrected chi connectivity index (χ4v) is 2.32. The Bertz CT molecular complexity index is 640. The van der Waals surface area contributed by atoms with Crippen LogP contribution in [0.15, 0.2) is 30.5 Å². The minimum atomic E-state index is -4.37. The van der Waals surface area contributed by atoms with Gasteiger partial charge in [-0.05, 0) is 17.7 Å². The van der Waals surface area contributed by atoms with Crippen molar-refractivity contribution in [3.05, 3.63) is 46.5 Å². The van der Waals surface area contributed by atoms with Gasteiger partial charge >= 0.3 is 12.1 Å². The Kier molecular flexibility index (Phi) is 4.46. The predicted molar refractivity (Wildman–Crippen MR) is 72.2 cm³/mol. The lowest BCUT2D eigenvalue weighted by Crippen LogP contribution is -2.06. The molecule has 0 fully saturated rings. The van der Waals surface area contributed by atoms with Crippen molar-refractivity contribution in [2.24, 2.45) is 0 Å². The van der Waals surface area contributed by atoms with Crippen molar-refractivity contribution in [3.8, 4) is 0 Å². The highest BCUT2D eigenvalue weighted by molar-refractivity contribution is 7.17. The van der Waals surface area contributed by atoms with Crippen LogP contribution < -0.4 is 5.32 Å². The Labute approximate surface area is 122 Å². The molecule has 2 aromatic rings. The van der Waals surface area contributed by atoms with Gasteiger partial charge in [0.1, 0.15) is 4.88 Å². The molecule has 1 heterocycles. The van der Waals surface area contributed by atoms with Gasteiger partial charge in [0.15, 0.2) is 5.13 Å². The van der Waals surface area contributed by atoms with Crippen LogP contribution in [-0.2, 0) is 17.5 Å². The number of carbonyl (C=O) groups is 1. The van der Waals surface area contributed by atoms with Crippen LogP contribution in [0.25, 0.3) is 0 Å². The topological polar surface area (TPSA) is 51.2 Å². The average Bonchev–Trinajstić information content (AvgIpc) is 2.92. The van der Waals surface area contributed by atoms with Crippen LogP contribution in [0.2, 0.25) is 0 Å². The highest BCUT2D eigenvalue weighted by atomic mass is 32.1. The summed E-state index contributed by atoms with van der Waals surface area (Å²) in [5.74, 6) is -0.500. The Morgan fingerprint density at radius 3 is 2.86 bits per heavy atom. The van der Waals surface area contributed by atoms with E-state index in [1.54, 1.807) is 6.07 Å². The molecule has 0 spiro atoms. The molecule has 2 rings (SSSR count). The van der Waals surface area contributed by atoms with E-state index in [0.717, 1.165) is 23.5 Å². The Hall–Kier alpha value is -2.09. The minimum absolute atomic E-state index is 0.179. The van der Waals surface area contributed by atoms with E-state index in [4.69, 9.17) is 0 Å². The van der Waals surface area contributed by atoms with Gasteiger partial charge in [-0.1, -0.05) is 23.5 Å². The molecule has 1 aromatic heterocycles. The fraction of sp³-hybridized carbons (Fsp3) is 0.231. The highest BCUT2D eigenvalue weighted by Gasteiger charge is 2.30.